The van der Waals surface area contributed by atoms with Crippen LogP contribution < -0.4 is 5.32 Å². The highest BCUT2D eigenvalue weighted by Crippen LogP contribution is 2.40. The molecule has 2 aliphatic rings. The topological polar surface area (TPSA) is 140 Å². The van der Waals surface area contributed by atoms with Crippen LogP contribution in [-0.2, 0) is 20.9 Å². The molecule has 2 aliphatic heterocycles. The van der Waals surface area contributed by atoms with Crippen molar-refractivity contribution in [2.24, 2.45) is 5.11 Å². The number of aliphatic hydroxyl groups is 2. The number of alkyl halides is 1. The van der Waals surface area contributed by atoms with Crippen molar-refractivity contribution in [3.05, 3.63) is 58.6 Å². The molecule has 1 saturated heterocycles. The Hall–Kier alpha value is -2.69. The van der Waals surface area contributed by atoms with Crippen molar-refractivity contribution >= 4 is 5.91 Å². The van der Waals surface area contributed by atoms with Crippen LogP contribution in [0.5, 0.6) is 0 Å². The van der Waals surface area contributed by atoms with E-state index >= 15 is 4.39 Å². The van der Waals surface area contributed by atoms with Gasteiger partial charge in [0.1, 0.15) is 11.7 Å². The lowest BCUT2D eigenvalue weighted by molar-refractivity contribution is -0.179. The van der Waals surface area contributed by atoms with Crippen LogP contribution in [0.4, 0.5) is 4.39 Å². The third-order valence-corrected chi connectivity index (χ3v) is 4.92. The molecule has 3 unspecified atom stereocenters. The van der Waals surface area contributed by atoms with Gasteiger partial charge in [-0.25, -0.2) is 4.39 Å². The molecule has 29 heavy (non-hydrogen) atoms. The molecule has 5 atom stereocenters. The third-order valence-electron chi connectivity index (χ3n) is 4.92. The molecule has 0 radical (unpaired) electrons. The van der Waals surface area contributed by atoms with E-state index < -0.39 is 43.0 Å². The third kappa shape index (κ3) is 4.50. The Bertz CT molecular complexity index is 790. The van der Waals surface area contributed by atoms with Crippen molar-refractivity contribution in [2.75, 3.05) is 13.2 Å². The van der Waals surface area contributed by atoms with E-state index in [-0.39, 0.29) is 19.6 Å². The first-order valence-electron chi connectivity index (χ1n) is 9.04. The number of hydrogen-bond donors (Lipinski definition) is 3. The zero-order valence-electron chi connectivity index (χ0n) is 15.5. The quantitative estimate of drug-likeness (QED) is 0.333. The van der Waals surface area contributed by atoms with Gasteiger partial charge in [-0.2, -0.15) is 0 Å². The van der Waals surface area contributed by atoms with Crippen LogP contribution in [0.3, 0.4) is 0 Å². The van der Waals surface area contributed by atoms with Gasteiger partial charge in [0.25, 0.3) is 0 Å². The zero-order chi connectivity index (χ0) is 20.9. The van der Waals surface area contributed by atoms with E-state index in [2.05, 4.69) is 15.3 Å². The number of carbonyl (C=O) groups excluding carboxylic acids is 1. The van der Waals surface area contributed by atoms with Gasteiger partial charge in [0, 0.05) is 23.7 Å². The van der Waals surface area contributed by atoms with Gasteiger partial charge in [-0.15, -0.1) is 0 Å². The number of hydrogen-bond acceptors (Lipinski definition) is 7. The SMILES string of the molecule is [N-]=[N+]=NCC[C@]1(CO)O[C@@H](N2C=CC(=O)NC2O)C(F)C1OCc1ccccc1. The van der Waals surface area contributed by atoms with Gasteiger partial charge in [0.05, 0.1) is 13.2 Å². The summed E-state index contributed by atoms with van der Waals surface area (Å²) in [5.74, 6) is -0.532. The molecule has 11 heteroatoms. The van der Waals surface area contributed by atoms with E-state index in [0.29, 0.717) is 0 Å². The minimum absolute atomic E-state index is 0.00391. The fourth-order valence-electron chi connectivity index (χ4n) is 3.44. The number of nitrogens with zero attached hydrogens (tertiary/aromatic N) is 4. The maximum absolute atomic E-state index is 15.4. The Morgan fingerprint density at radius 1 is 1.41 bits per heavy atom. The van der Waals surface area contributed by atoms with Crippen molar-refractivity contribution in [1.29, 1.82) is 0 Å². The monoisotopic (exact) mass is 407 g/mol. The summed E-state index contributed by atoms with van der Waals surface area (Å²) in [4.78, 5) is 15.1. The van der Waals surface area contributed by atoms with Gasteiger partial charge in [-0.05, 0) is 17.5 Å². The molecular formula is C18H22FN5O5. The second-order valence-electron chi connectivity index (χ2n) is 6.74. The van der Waals surface area contributed by atoms with E-state index in [0.717, 1.165) is 16.5 Å². The van der Waals surface area contributed by atoms with Crippen molar-refractivity contribution in [2.45, 2.75) is 43.5 Å². The second-order valence-corrected chi connectivity index (χ2v) is 6.74. The van der Waals surface area contributed by atoms with Gasteiger partial charge in [0.2, 0.25) is 12.3 Å². The van der Waals surface area contributed by atoms with Gasteiger partial charge in [0.15, 0.2) is 12.4 Å². The summed E-state index contributed by atoms with van der Waals surface area (Å²) in [5.41, 5.74) is 7.84. The minimum Gasteiger partial charge on any atom is -0.393 e. The number of benzene rings is 1. The summed E-state index contributed by atoms with van der Waals surface area (Å²) in [7, 11) is 0. The lowest BCUT2D eigenvalue weighted by Crippen LogP contribution is -2.54. The Kier molecular flexibility index (Phi) is 6.68. The largest absolute Gasteiger partial charge is 0.393 e. The van der Waals surface area contributed by atoms with Crippen molar-refractivity contribution in [3.8, 4) is 0 Å². The zero-order valence-corrected chi connectivity index (χ0v) is 15.5. The van der Waals surface area contributed by atoms with Crippen LogP contribution in [0.25, 0.3) is 10.4 Å². The fourth-order valence-corrected chi connectivity index (χ4v) is 3.44. The van der Waals surface area contributed by atoms with Crippen molar-refractivity contribution in [3.63, 3.8) is 0 Å². The Balaban J connectivity index is 1.84. The lowest BCUT2D eigenvalue weighted by Gasteiger charge is -2.36. The number of nitrogens with one attached hydrogen (secondary N) is 1. The molecule has 0 saturated carbocycles. The summed E-state index contributed by atoms with van der Waals surface area (Å²) in [5, 5.41) is 25.8. The van der Waals surface area contributed by atoms with Crippen LogP contribution in [0.1, 0.15) is 12.0 Å². The highest BCUT2D eigenvalue weighted by molar-refractivity contribution is 5.88. The normalized spacial score (nSPS) is 31.4. The number of ether oxygens (including phenoxy) is 2. The first kappa shape index (κ1) is 21.0. The molecule has 1 fully saturated rings. The molecule has 2 heterocycles. The molecule has 10 nitrogen and oxygen atoms in total. The van der Waals surface area contributed by atoms with Crippen molar-refractivity contribution in [1.82, 2.24) is 10.2 Å². The van der Waals surface area contributed by atoms with Gasteiger partial charge in [-0.1, -0.05) is 35.4 Å². The molecular weight excluding hydrogens is 385 g/mol. The molecule has 3 rings (SSSR count). The van der Waals surface area contributed by atoms with Crippen LogP contribution in [0.15, 0.2) is 47.7 Å². The van der Waals surface area contributed by atoms with Gasteiger partial charge < -0.3 is 29.9 Å². The molecule has 156 valence electrons. The van der Waals surface area contributed by atoms with Crippen LogP contribution >= 0.6 is 0 Å². The highest BCUT2D eigenvalue weighted by Gasteiger charge is 2.58. The predicted octanol–water partition coefficient (Wildman–Crippen LogP) is 0.919. The number of aliphatic hydroxyl groups excluding tert-OH is 2. The fraction of sp³-hybridized carbons (Fsp3) is 0.500. The van der Waals surface area contributed by atoms with Crippen LogP contribution in [-0.4, -0.2) is 64.6 Å². The molecule has 1 aromatic carbocycles. The molecule has 0 bridgehead atoms. The first-order valence-corrected chi connectivity index (χ1v) is 9.04. The smallest absolute Gasteiger partial charge is 0.248 e. The maximum Gasteiger partial charge on any atom is 0.248 e. The second kappa shape index (κ2) is 9.21. The van der Waals surface area contributed by atoms with Gasteiger partial charge in [-0.3, -0.25) is 4.79 Å². The summed E-state index contributed by atoms with van der Waals surface area (Å²) in [6, 6.07) is 9.10. The Morgan fingerprint density at radius 2 is 2.17 bits per heavy atom. The molecule has 0 aliphatic carbocycles. The van der Waals surface area contributed by atoms with E-state index in [4.69, 9.17) is 15.0 Å². The van der Waals surface area contributed by atoms with E-state index in [1.807, 2.05) is 30.3 Å². The predicted molar refractivity (Wildman–Crippen MR) is 98.4 cm³/mol. The molecule has 3 N–H and O–H groups in total. The van der Waals surface area contributed by atoms with Gasteiger partial charge >= 0.3 is 0 Å². The summed E-state index contributed by atoms with van der Waals surface area (Å²) in [6.07, 6.45) is -3.46. The Labute approximate surface area is 166 Å². The maximum atomic E-state index is 15.4. The lowest BCUT2D eigenvalue weighted by atomic mass is 9.92. The highest BCUT2D eigenvalue weighted by atomic mass is 19.1. The van der Waals surface area contributed by atoms with Crippen LogP contribution in [0.2, 0.25) is 0 Å². The van der Waals surface area contributed by atoms with E-state index in [1.165, 1.54) is 6.20 Å². The number of rotatable bonds is 8. The average Bonchev–Trinajstić information content (AvgIpc) is 2.99. The van der Waals surface area contributed by atoms with E-state index in [9.17, 15) is 15.0 Å². The number of amides is 1. The average molecular weight is 407 g/mol. The molecule has 1 aromatic rings. The number of carbonyl (C=O) groups is 1. The Morgan fingerprint density at radius 3 is 2.83 bits per heavy atom. The minimum atomic E-state index is -1.77. The molecule has 0 aromatic heterocycles. The first-order chi connectivity index (χ1) is 14.0. The van der Waals surface area contributed by atoms with Crippen LogP contribution in [0, 0.1) is 0 Å². The van der Waals surface area contributed by atoms with E-state index in [1.54, 1.807) is 0 Å². The number of azide groups is 1. The summed E-state index contributed by atoms with van der Waals surface area (Å²) in [6.45, 7) is -0.568. The standard InChI is InChI=1S/C18H22FN5O5/c19-14-15(28-10-12-4-2-1-3-5-12)18(11-25,7-8-21-23-20)29-16(14)24-9-6-13(26)22-17(24)27/h1-6,9,14-17,25,27H,7-8,10-11H2,(H,22,26)/t14?,15?,16-,17?,18-/m1/s1. The summed E-state index contributed by atoms with van der Waals surface area (Å²) < 4.78 is 27.1. The molecule has 0 spiro atoms. The molecule has 1 amide bonds. The number of halogens is 1. The summed E-state index contributed by atoms with van der Waals surface area (Å²) >= 11 is 0. The van der Waals surface area contributed by atoms with Crippen molar-refractivity contribution < 1.29 is 28.9 Å².